The second kappa shape index (κ2) is 21.2. The number of hydrazine groups is 1. The number of phenolic OH excluding ortho intramolecular Hbond substituents is 1. The van der Waals surface area contributed by atoms with Crippen LogP contribution < -0.4 is 10.7 Å². The smallest absolute Gasteiger partial charge is 0.355 e. The molecular weight excluding hydrogens is 909 g/mol. The number of esters is 1. The van der Waals surface area contributed by atoms with Crippen molar-refractivity contribution in [2.24, 2.45) is 11.3 Å². The fraction of sp³-hybridized carbons (Fsp3) is 0.509. The van der Waals surface area contributed by atoms with Crippen molar-refractivity contribution in [3.8, 4) is 40.0 Å². The van der Waals surface area contributed by atoms with Gasteiger partial charge < -0.3 is 44.5 Å². The Bertz CT molecular complexity index is 2760. The Labute approximate surface area is 415 Å². The lowest BCUT2D eigenvalue weighted by molar-refractivity contribution is -0.189. The Morgan fingerprint density at radius 1 is 1.04 bits per heavy atom. The van der Waals surface area contributed by atoms with Crippen LogP contribution in [0.1, 0.15) is 70.7 Å². The molecule has 5 N–H and O–H groups in total. The lowest BCUT2D eigenvalue weighted by Gasteiger charge is -2.40. The van der Waals surface area contributed by atoms with Gasteiger partial charge in [0, 0.05) is 81.1 Å². The molecule has 5 heterocycles. The van der Waals surface area contributed by atoms with Gasteiger partial charge in [-0.2, -0.15) is 5.43 Å². The van der Waals surface area contributed by atoms with Crippen molar-refractivity contribution in [3.05, 3.63) is 71.5 Å². The van der Waals surface area contributed by atoms with Crippen molar-refractivity contribution in [3.63, 3.8) is 0 Å². The van der Waals surface area contributed by atoms with Crippen LogP contribution in [0, 0.1) is 23.2 Å². The first-order valence-corrected chi connectivity index (χ1v) is 24.2. The molecule has 18 heteroatoms. The minimum atomic E-state index is -2.30. The van der Waals surface area contributed by atoms with Crippen molar-refractivity contribution in [2.45, 2.75) is 103 Å². The third-order valence-corrected chi connectivity index (χ3v) is 13.5. The number of pyridine rings is 1. The zero-order chi connectivity index (χ0) is 51.6. The summed E-state index contributed by atoms with van der Waals surface area (Å²) in [6.07, 6.45) is 2.07. The molecule has 4 aromatic rings. The van der Waals surface area contributed by atoms with Gasteiger partial charge in [0.1, 0.15) is 17.8 Å². The van der Waals surface area contributed by atoms with Crippen LogP contribution in [-0.2, 0) is 59.4 Å². The molecule has 0 saturated carbocycles. The van der Waals surface area contributed by atoms with E-state index in [0.29, 0.717) is 30.6 Å². The summed E-state index contributed by atoms with van der Waals surface area (Å²) < 4.78 is 13.8. The summed E-state index contributed by atoms with van der Waals surface area (Å²) in [5, 5.41) is 39.8. The Kier molecular flexibility index (Phi) is 15.6. The van der Waals surface area contributed by atoms with Crippen LogP contribution in [0.15, 0.2) is 54.7 Å². The molecule has 4 atom stereocenters. The number of benzene rings is 2. The number of β-amino-alcohol motifs (C(OH)–C–C–N with tert-alkyl or cyclic N) is 1. The molecule has 2 aromatic heterocycles. The monoisotopic (exact) mass is 977 g/mol. The van der Waals surface area contributed by atoms with Gasteiger partial charge in [0.05, 0.1) is 37.7 Å². The lowest BCUT2D eigenvalue weighted by atomic mass is 9.84. The van der Waals surface area contributed by atoms with Gasteiger partial charge >= 0.3 is 5.97 Å². The maximum Gasteiger partial charge on any atom is 0.355 e. The van der Waals surface area contributed by atoms with Gasteiger partial charge in [0.25, 0.3) is 17.7 Å². The molecule has 6 bridgehead atoms. The first-order valence-electron chi connectivity index (χ1n) is 24.2. The number of rotatable bonds is 10. The first kappa shape index (κ1) is 52.5. The molecule has 4 amide bonds. The van der Waals surface area contributed by atoms with Gasteiger partial charge in [-0.25, -0.2) is 4.79 Å². The lowest BCUT2D eigenvalue weighted by Crippen LogP contribution is -2.67. The molecule has 2 fully saturated rings. The van der Waals surface area contributed by atoms with E-state index < -0.39 is 64.3 Å². The molecule has 18 nitrogen and oxygen atoms in total. The van der Waals surface area contributed by atoms with Crippen LogP contribution in [-0.4, -0.2) is 159 Å². The number of carbonyl (C=O) groups is 5. The molecule has 7 rings (SSSR count). The Hall–Kier alpha value is -6.36. The van der Waals surface area contributed by atoms with E-state index >= 15 is 0 Å². The first-order chi connectivity index (χ1) is 33.6. The SMILES string of the molecule is CCn1c(-c2cccnc2COC)c2c3cc(ccc31)-c1cc(O)cc(c1)C[C@H](NC(=O)[C@H](C(C)C)N(C)C(=O)C1(O)CCN(C(=O)C#CCN(C)C)C1)C(=O)N1CCC[C@@](O)(N1)C(=O)OCC(C)(C)C2. The van der Waals surface area contributed by atoms with E-state index in [9.17, 15) is 39.3 Å². The van der Waals surface area contributed by atoms with Crippen LogP contribution in [0.3, 0.4) is 0 Å². The Balaban J connectivity index is 1.28. The fourth-order valence-electron chi connectivity index (χ4n) is 10.1. The number of hydrogen-bond acceptors (Lipinski definition) is 13. The maximum atomic E-state index is 14.8. The predicted molar refractivity (Wildman–Crippen MR) is 266 cm³/mol. The summed E-state index contributed by atoms with van der Waals surface area (Å²) in [5.41, 5.74) is 4.12. The number of aryl methyl sites for hydroxylation is 1. The molecule has 3 aliphatic heterocycles. The standard InChI is InChI=1S/C53H68N8O10/c1-10-60-43-17-16-35-28-39(43)40(46(60)38-14-11-20-54-42(38)30-70-9)29-51(4,5)32-71-50(67)53(69)18-13-22-61(56-53)48(65)41(26-34-24-36(35)27-37(62)25-34)55-47(64)45(33(2)3)58(8)49(66)52(68)19-23-59(31-52)44(63)15-12-21-57(6)7/h11,14,16-17,20,24-25,27-28,33,41,45,56,62,68-69H,10,13,18-19,21-23,26,29-32H2,1-9H3,(H,55,64)/t41-,45-,52?,53-/m0/s1. The third kappa shape index (κ3) is 11.2. The molecule has 380 valence electrons. The molecule has 0 aliphatic carbocycles. The number of fused-ring (bicyclic) bond motifs is 6. The zero-order valence-electron chi connectivity index (χ0n) is 42.3. The minimum absolute atomic E-state index is 0.0603. The number of aromatic hydroxyl groups is 1. The van der Waals surface area contributed by atoms with Gasteiger partial charge in [-0.05, 0) is 104 Å². The number of likely N-dealkylation sites (N-methyl/N-ethyl adjacent to an activating group) is 1. The zero-order valence-corrected chi connectivity index (χ0v) is 42.3. The number of aliphatic hydroxyl groups is 2. The number of likely N-dealkylation sites (tertiary alicyclic amines) is 1. The van der Waals surface area contributed by atoms with E-state index in [1.54, 1.807) is 38.1 Å². The average Bonchev–Trinajstić information content (AvgIpc) is 3.87. The van der Waals surface area contributed by atoms with E-state index in [1.165, 1.54) is 18.0 Å². The number of aromatic nitrogens is 2. The second-order valence-corrected chi connectivity index (χ2v) is 20.5. The largest absolute Gasteiger partial charge is 0.508 e. The van der Waals surface area contributed by atoms with E-state index in [4.69, 9.17) is 9.47 Å². The average molecular weight is 977 g/mol. The minimum Gasteiger partial charge on any atom is -0.508 e. The van der Waals surface area contributed by atoms with Gasteiger partial charge in [-0.1, -0.05) is 45.7 Å². The van der Waals surface area contributed by atoms with Gasteiger partial charge in [0.2, 0.25) is 11.6 Å². The number of ether oxygens (including phenoxy) is 2. The van der Waals surface area contributed by atoms with Crippen molar-refractivity contribution in [1.29, 1.82) is 0 Å². The highest BCUT2D eigenvalue weighted by Crippen LogP contribution is 2.41. The number of phenols is 1. The number of amides is 4. The van der Waals surface area contributed by atoms with Crippen LogP contribution >= 0.6 is 0 Å². The van der Waals surface area contributed by atoms with Crippen molar-refractivity contribution in [2.75, 3.05) is 61.0 Å². The molecule has 0 radical (unpaired) electrons. The highest BCUT2D eigenvalue weighted by atomic mass is 16.6. The van der Waals surface area contributed by atoms with Crippen LogP contribution in [0.4, 0.5) is 0 Å². The van der Waals surface area contributed by atoms with Crippen molar-refractivity contribution >= 4 is 40.5 Å². The van der Waals surface area contributed by atoms with E-state index in [2.05, 4.69) is 45.1 Å². The Morgan fingerprint density at radius 3 is 2.51 bits per heavy atom. The molecule has 2 aromatic carbocycles. The third-order valence-electron chi connectivity index (χ3n) is 13.5. The molecule has 1 unspecified atom stereocenters. The summed E-state index contributed by atoms with van der Waals surface area (Å²) in [7, 11) is 6.65. The van der Waals surface area contributed by atoms with Crippen LogP contribution in [0.25, 0.3) is 33.3 Å². The highest BCUT2D eigenvalue weighted by molar-refractivity contribution is 5.98. The predicted octanol–water partition coefficient (Wildman–Crippen LogP) is 3.22. The maximum absolute atomic E-state index is 14.8. The summed E-state index contributed by atoms with van der Waals surface area (Å²) in [5.74, 6) is 1.02. The summed E-state index contributed by atoms with van der Waals surface area (Å²) in [6.45, 7) is 10.5. The van der Waals surface area contributed by atoms with E-state index in [1.807, 2.05) is 58.3 Å². The summed E-state index contributed by atoms with van der Waals surface area (Å²) in [6, 6.07) is 12.4. The number of nitrogens with one attached hydrogen (secondary N) is 2. The van der Waals surface area contributed by atoms with Gasteiger partial charge in [0.15, 0.2) is 5.60 Å². The van der Waals surface area contributed by atoms with E-state index in [0.717, 1.165) is 48.9 Å². The molecule has 3 aliphatic rings. The number of cyclic esters (lactones) is 1. The number of hydrogen-bond donors (Lipinski definition) is 5. The molecule has 71 heavy (non-hydrogen) atoms. The summed E-state index contributed by atoms with van der Waals surface area (Å²) in [4.78, 5) is 79.5. The molecule has 0 spiro atoms. The van der Waals surface area contributed by atoms with Crippen LogP contribution in [0.2, 0.25) is 0 Å². The van der Waals surface area contributed by atoms with E-state index in [-0.39, 0.29) is 64.3 Å². The number of carbonyl (C=O) groups excluding carboxylic acids is 5. The van der Waals surface area contributed by atoms with Crippen LogP contribution in [0.5, 0.6) is 5.75 Å². The topological polar surface area (TPSA) is 219 Å². The summed E-state index contributed by atoms with van der Waals surface area (Å²) >= 11 is 0. The Morgan fingerprint density at radius 2 is 1.80 bits per heavy atom. The van der Waals surface area contributed by atoms with Gasteiger partial charge in [-0.3, -0.25) is 34.1 Å². The van der Waals surface area contributed by atoms with Gasteiger partial charge in [-0.15, -0.1) is 0 Å². The number of nitrogens with zero attached hydrogens (tertiary/aromatic N) is 6. The highest BCUT2D eigenvalue weighted by Gasteiger charge is 2.49. The molecular formula is C53H68N8O10. The molecule has 2 saturated heterocycles. The normalized spacial score (nSPS) is 21.9. The van der Waals surface area contributed by atoms with Crippen molar-refractivity contribution in [1.82, 2.24) is 40.0 Å². The quantitative estimate of drug-likeness (QED) is 0.114. The second-order valence-electron chi connectivity index (χ2n) is 20.5. The number of methoxy groups -OCH3 is 1. The fourth-order valence-corrected chi connectivity index (χ4v) is 10.1. The van der Waals surface area contributed by atoms with Crippen molar-refractivity contribution < 1.29 is 48.8 Å².